The van der Waals surface area contributed by atoms with Crippen molar-refractivity contribution in [1.82, 2.24) is 15.1 Å². The third kappa shape index (κ3) is 7.77. The number of urea groups is 1. The van der Waals surface area contributed by atoms with Crippen molar-refractivity contribution in [2.75, 3.05) is 56.1 Å². The summed E-state index contributed by atoms with van der Waals surface area (Å²) in [6, 6.07) is 6.14. The van der Waals surface area contributed by atoms with Gasteiger partial charge in [-0.15, -0.1) is 0 Å². The fraction of sp³-hybridized carbons (Fsp3) is 0.481. The van der Waals surface area contributed by atoms with Crippen LogP contribution < -0.4 is 15.5 Å². The van der Waals surface area contributed by atoms with Crippen LogP contribution in [-0.4, -0.2) is 84.9 Å². The van der Waals surface area contributed by atoms with E-state index in [9.17, 15) is 36.6 Å². The number of benzene rings is 2. The number of likely N-dealkylation sites (tertiary alicyclic amines) is 1. The van der Waals surface area contributed by atoms with E-state index >= 15 is 0 Å². The lowest BCUT2D eigenvalue weighted by Gasteiger charge is -2.37. The maximum Gasteiger partial charge on any atom is 0.390 e. The summed E-state index contributed by atoms with van der Waals surface area (Å²) >= 11 is 6.16. The van der Waals surface area contributed by atoms with Crippen LogP contribution in [0.15, 0.2) is 30.3 Å². The number of aliphatic hydroxyl groups is 1. The number of carbonyl (C=O) groups excluding carboxylic acids is 2. The van der Waals surface area contributed by atoms with Gasteiger partial charge < -0.3 is 25.5 Å². The lowest BCUT2D eigenvalue weighted by atomic mass is 10.1. The van der Waals surface area contributed by atoms with Gasteiger partial charge >= 0.3 is 12.2 Å². The number of hydrogen-bond acceptors (Lipinski definition) is 5. The van der Waals surface area contributed by atoms with E-state index in [1.54, 1.807) is 11.0 Å². The molecule has 8 nitrogen and oxygen atoms in total. The molecule has 3 N–H and O–H groups in total. The molecule has 0 aromatic heterocycles. The van der Waals surface area contributed by atoms with Gasteiger partial charge in [0.05, 0.1) is 36.0 Å². The molecule has 0 bridgehead atoms. The van der Waals surface area contributed by atoms with Gasteiger partial charge in [0.15, 0.2) is 11.6 Å². The molecular formula is C27H31ClF5N5O3. The molecule has 3 amide bonds. The average molecular weight is 604 g/mol. The Kier molecular flexibility index (Phi) is 9.92. The quantitative estimate of drug-likeness (QED) is 0.384. The highest BCUT2D eigenvalue weighted by molar-refractivity contribution is 6.31. The maximum atomic E-state index is 15.0. The van der Waals surface area contributed by atoms with Crippen LogP contribution in [0, 0.1) is 11.6 Å². The van der Waals surface area contributed by atoms with Crippen molar-refractivity contribution >= 4 is 34.9 Å². The minimum absolute atomic E-state index is 0.109. The van der Waals surface area contributed by atoms with E-state index in [4.69, 9.17) is 11.6 Å². The molecule has 2 aliphatic rings. The SMILES string of the molecule is O=C(Nc1ccc(Cl)cc1N1CCN(CCC(F)(F)F)CC1)c1ccc(CNC(=O)N2CCC[C@H]2CO)c(F)c1F. The van der Waals surface area contributed by atoms with Gasteiger partial charge in [0, 0.05) is 56.4 Å². The van der Waals surface area contributed by atoms with Crippen molar-refractivity contribution in [2.45, 2.75) is 38.0 Å². The van der Waals surface area contributed by atoms with Crippen molar-refractivity contribution in [3.8, 4) is 0 Å². The van der Waals surface area contributed by atoms with E-state index in [-0.39, 0.29) is 37.0 Å². The summed E-state index contributed by atoms with van der Waals surface area (Å²) in [7, 11) is 0. The molecule has 224 valence electrons. The van der Waals surface area contributed by atoms with Crippen molar-refractivity contribution in [3.05, 3.63) is 58.1 Å². The molecule has 0 unspecified atom stereocenters. The Bertz CT molecular complexity index is 1260. The number of nitrogens with one attached hydrogen (secondary N) is 2. The minimum atomic E-state index is -4.24. The lowest BCUT2D eigenvalue weighted by molar-refractivity contribution is -0.138. The van der Waals surface area contributed by atoms with Crippen molar-refractivity contribution < 1.29 is 36.6 Å². The Labute approximate surface area is 239 Å². The molecule has 0 radical (unpaired) electrons. The van der Waals surface area contributed by atoms with Crippen LogP contribution >= 0.6 is 11.6 Å². The molecule has 2 fully saturated rings. The van der Waals surface area contributed by atoms with Crippen molar-refractivity contribution in [3.63, 3.8) is 0 Å². The fourth-order valence-corrected chi connectivity index (χ4v) is 5.19. The van der Waals surface area contributed by atoms with Gasteiger partial charge in [-0.25, -0.2) is 13.6 Å². The number of piperazine rings is 1. The van der Waals surface area contributed by atoms with Gasteiger partial charge in [-0.2, -0.15) is 13.2 Å². The number of anilines is 2. The van der Waals surface area contributed by atoms with Gasteiger partial charge in [0.2, 0.25) is 0 Å². The van der Waals surface area contributed by atoms with E-state index in [1.165, 1.54) is 23.1 Å². The van der Waals surface area contributed by atoms with Gasteiger partial charge in [0.25, 0.3) is 5.91 Å². The molecule has 2 saturated heterocycles. The smallest absolute Gasteiger partial charge is 0.390 e. The molecule has 0 aliphatic carbocycles. The van der Waals surface area contributed by atoms with E-state index in [1.807, 2.05) is 4.90 Å². The number of carbonyl (C=O) groups is 2. The zero-order chi connectivity index (χ0) is 29.7. The second-order valence-corrected chi connectivity index (χ2v) is 10.5. The van der Waals surface area contributed by atoms with Crippen LogP contribution in [0.3, 0.4) is 0 Å². The van der Waals surface area contributed by atoms with Gasteiger partial charge in [-0.05, 0) is 37.1 Å². The summed E-state index contributed by atoms with van der Waals surface area (Å²) in [6.45, 7) is 1.33. The number of hydrogen-bond donors (Lipinski definition) is 3. The minimum Gasteiger partial charge on any atom is -0.394 e. The number of aliphatic hydroxyl groups excluding tert-OH is 1. The van der Waals surface area contributed by atoms with Gasteiger partial charge in [0.1, 0.15) is 0 Å². The molecule has 0 saturated carbocycles. The first kappa shape index (κ1) is 30.8. The Morgan fingerprint density at radius 2 is 1.76 bits per heavy atom. The van der Waals surface area contributed by atoms with Crippen molar-refractivity contribution in [1.29, 1.82) is 0 Å². The zero-order valence-corrected chi connectivity index (χ0v) is 22.9. The van der Waals surface area contributed by atoms with Gasteiger partial charge in [-0.1, -0.05) is 17.7 Å². The lowest BCUT2D eigenvalue weighted by Crippen LogP contribution is -2.47. The topological polar surface area (TPSA) is 88.2 Å². The Morgan fingerprint density at radius 3 is 2.44 bits per heavy atom. The molecule has 0 spiro atoms. The zero-order valence-electron chi connectivity index (χ0n) is 22.1. The third-order valence-corrected chi connectivity index (χ3v) is 7.55. The predicted molar refractivity (Wildman–Crippen MR) is 144 cm³/mol. The van der Waals surface area contributed by atoms with E-state index < -0.39 is 41.7 Å². The second kappa shape index (κ2) is 13.2. The normalized spacial score (nSPS) is 18.1. The highest BCUT2D eigenvalue weighted by Gasteiger charge is 2.30. The monoisotopic (exact) mass is 603 g/mol. The van der Waals surface area contributed by atoms with Gasteiger partial charge in [-0.3, -0.25) is 9.69 Å². The van der Waals surface area contributed by atoms with E-state index in [2.05, 4.69) is 10.6 Å². The number of rotatable bonds is 8. The summed E-state index contributed by atoms with van der Waals surface area (Å²) in [4.78, 5) is 30.4. The molecule has 41 heavy (non-hydrogen) atoms. The highest BCUT2D eigenvalue weighted by Crippen LogP contribution is 2.31. The largest absolute Gasteiger partial charge is 0.394 e. The third-order valence-electron chi connectivity index (χ3n) is 7.32. The number of amides is 3. The number of nitrogens with zero attached hydrogens (tertiary/aromatic N) is 3. The van der Waals surface area contributed by atoms with E-state index in [0.29, 0.717) is 49.9 Å². The molecule has 2 aromatic carbocycles. The van der Waals surface area contributed by atoms with Crippen LogP contribution in [0.4, 0.5) is 38.1 Å². The fourth-order valence-electron chi connectivity index (χ4n) is 5.03. The molecule has 4 rings (SSSR count). The predicted octanol–water partition coefficient (Wildman–Crippen LogP) is 4.61. The summed E-state index contributed by atoms with van der Waals surface area (Å²) in [5.74, 6) is -3.56. The number of alkyl halides is 3. The first-order valence-corrected chi connectivity index (χ1v) is 13.6. The molecular weight excluding hydrogens is 573 g/mol. The van der Waals surface area contributed by atoms with Crippen LogP contribution in [0.5, 0.6) is 0 Å². The highest BCUT2D eigenvalue weighted by atomic mass is 35.5. The summed E-state index contributed by atoms with van der Waals surface area (Å²) in [6.07, 6.45) is -3.75. The summed E-state index contributed by atoms with van der Waals surface area (Å²) in [5.41, 5.74) is 0.0889. The first-order chi connectivity index (χ1) is 19.5. The Morgan fingerprint density at radius 1 is 1.02 bits per heavy atom. The molecule has 1 atom stereocenters. The maximum absolute atomic E-state index is 15.0. The first-order valence-electron chi connectivity index (χ1n) is 13.2. The average Bonchev–Trinajstić information content (AvgIpc) is 3.42. The van der Waals surface area contributed by atoms with E-state index in [0.717, 1.165) is 12.5 Å². The van der Waals surface area contributed by atoms with Crippen LogP contribution in [-0.2, 0) is 6.54 Å². The summed E-state index contributed by atoms with van der Waals surface area (Å²) in [5, 5.41) is 14.9. The molecule has 14 heteroatoms. The second-order valence-electron chi connectivity index (χ2n) is 10.0. The number of halogens is 6. The van der Waals surface area contributed by atoms with Crippen molar-refractivity contribution in [2.24, 2.45) is 0 Å². The molecule has 2 aliphatic heterocycles. The molecule has 2 heterocycles. The van der Waals surface area contributed by atoms with Crippen LogP contribution in [0.1, 0.15) is 35.2 Å². The van der Waals surface area contributed by atoms with Crippen LogP contribution in [0.2, 0.25) is 5.02 Å². The molecule has 2 aromatic rings. The Balaban J connectivity index is 1.41. The Hall–Kier alpha value is -3.16. The standard InChI is InChI=1S/C27H31ClF5N5O3/c28-18-4-6-21(22(14-18)37-12-10-36(11-13-37)9-7-27(31,32)33)35-25(40)20-5-3-17(23(29)24(20)30)15-34-26(41)38-8-1-2-19(38)16-39/h3-6,14,19,39H,1-2,7-13,15-16H2,(H,34,41)(H,35,40)/t19-/m0/s1. The van der Waals surface area contributed by atoms with Crippen LogP contribution in [0.25, 0.3) is 0 Å². The summed E-state index contributed by atoms with van der Waals surface area (Å²) < 4.78 is 67.6.